The molecule has 3 N–H and O–H groups in total. The molecule has 2 unspecified atom stereocenters. The fourth-order valence-corrected chi connectivity index (χ4v) is 2.60. The number of carbonyl (C=O) groups excluding carboxylic acids is 1. The van der Waals surface area contributed by atoms with Crippen LogP contribution in [-0.4, -0.2) is 28.7 Å². The molecule has 1 aromatic heterocycles. The number of hydrogen-bond donors (Lipinski definition) is 3. The van der Waals surface area contributed by atoms with E-state index < -0.39 is 0 Å². The van der Waals surface area contributed by atoms with Crippen LogP contribution in [0, 0.1) is 5.92 Å². The Morgan fingerprint density at radius 3 is 3.11 bits per heavy atom. The van der Waals surface area contributed by atoms with E-state index in [-0.39, 0.29) is 11.9 Å². The maximum atomic E-state index is 12.2. The van der Waals surface area contributed by atoms with E-state index in [1.165, 1.54) is 6.42 Å². The second-order valence-corrected chi connectivity index (χ2v) is 5.32. The van der Waals surface area contributed by atoms with E-state index in [4.69, 9.17) is 0 Å². The number of piperidine rings is 1. The van der Waals surface area contributed by atoms with Gasteiger partial charge in [-0.25, -0.2) is 0 Å². The summed E-state index contributed by atoms with van der Waals surface area (Å²) in [7, 11) is 0. The van der Waals surface area contributed by atoms with Crippen molar-refractivity contribution >= 4 is 11.7 Å². The molecule has 5 nitrogen and oxygen atoms in total. The molecule has 1 aromatic rings. The summed E-state index contributed by atoms with van der Waals surface area (Å²) in [5, 5.41) is 13.3. The summed E-state index contributed by atoms with van der Waals surface area (Å²) >= 11 is 0. The fraction of sp³-hybridized carbons (Fsp3) is 0.714. The van der Waals surface area contributed by atoms with Crippen LogP contribution in [0.1, 0.15) is 45.2 Å². The second kappa shape index (κ2) is 6.70. The van der Waals surface area contributed by atoms with Crippen LogP contribution in [0.2, 0.25) is 0 Å². The molecule has 2 rings (SSSR count). The maximum Gasteiger partial charge on any atom is 0.242 e. The summed E-state index contributed by atoms with van der Waals surface area (Å²) < 4.78 is 0. The van der Waals surface area contributed by atoms with E-state index in [1.807, 2.05) is 6.07 Å². The van der Waals surface area contributed by atoms with Gasteiger partial charge in [-0.1, -0.05) is 26.7 Å². The van der Waals surface area contributed by atoms with Crippen LogP contribution >= 0.6 is 0 Å². The molecule has 0 spiro atoms. The first kappa shape index (κ1) is 14.1. The third-order valence-electron chi connectivity index (χ3n) is 3.81. The number of aryl methyl sites for hydroxylation is 1. The molecule has 1 aliphatic heterocycles. The number of nitrogens with zero attached hydrogens (tertiary/aromatic N) is 1. The molecule has 0 aromatic carbocycles. The predicted octanol–water partition coefficient (Wildman–Crippen LogP) is 2.08. The van der Waals surface area contributed by atoms with E-state index in [9.17, 15) is 4.79 Å². The highest BCUT2D eigenvalue weighted by Crippen LogP contribution is 2.20. The highest BCUT2D eigenvalue weighted by molar-refractivity contribution is 5.94. The van der Waals surface area contributed by atoms with Crippen molar-refractivity contribution in [2.75, 3.05) is 11.9 Å². The molecule has 0 radical (unpaired) electrons. The fourth-order valence-electron chi connectivity index (χ4n) is 2.60. The van der Waals surface area contributed by atoms with Gasteiger partial charge in [0.05, 0.1) is 6.04 Å². The van der Waals surface area contributed by atoms with Crippen molar-refractivity contribution in [1.82, 2.24) is 15.5 Å². The van der Waals surface area contributed by atoms with Crippen molar-refractivity contribution < 1.29 is 4.79 Å². The molecule has 106 valence electrons. The quantitative estimate of drug-likeness (QED) is 0.762. The molecule has 19 heavy (non-hydrogen) atoms. The number of nitrogens with one attached hydrogen (secondary N) is 3. The number of rotatable bonds is 5. The Bertz CT molecular complexity index is 415. The summed E-state index contributed by atoms with van der Waals surface area (Å²) in [5.41, 5.74) is 1.07. The lowest BCUT2D eigenvalue weighted by atomic mass is 9.90. The van der Waals surface area contributed by atoms with E-state index in [2.05, 4.69) is 34.7 Å². The topological polar surface area (TPSA) is 69.8 Å². The smallest absolute Gasteiger partial charge is 0.242 e. The molecule has 1 saturated heterocycles. The van der Waals surface area contributed by atoms with Gasteiger partial charge in [0.2, 0.25) is 5.91 Å². The molecule has 1 fully saturated rings. The van der Waals surface area contributed by atoms with Gasteiger partial charge in [0.25, 0.3) is 0 Å². The van der Waals surface area contributed by atoms with Crippen LogP contribution in [0.5, 0.6) is 0 Å². The summed E-state index contributed by atoms with van der Waals surface area (Å²) in [6, 6.07) is 1.84. The van der Waals surface area contributed by atoms with Crippen LogP contribution in [0.3, 0.4) is 0 Å². The summed E-state index contributed by atoms with van der Waals surface area (Å²) in [5.74, 6) is 1.33. The lowest BCUT2D eigenvalue weighted by molar-refractivity contribution is -0.119. The molecule has 0 aliphatic carbocycles. The number of carbonyl (C=O) groups is 1. The summed E-state index contributed by atoms with van der Waals surface area (Å²) in [4.78, 5) is 12.2. The van der Waals surface area contributed by atoms with Crippen molar-refractivity contribution in [3.63, 3.8) is 0 Å². The van der Waals surface area contributed by atoms with Crippen molar-refractivity contribution in [1.29, 1.82) is 0 Å². The van der Waals surface area contributed by atoms with Gasteiger partial charge in [-0.2, -0.15) is 5.10 Å². The molecular weight excluding hydrogens is 240 g/mol. The summed E-state index contributed by atoms with van der Waals surface area (Å²) in [6.45, 7) is 5.24. The molecule has 2 heterocycles. The zero-order valence-corrected chi connectivity index (χ0v) is 11.8. The Balaban J connectivity index is 1.88. The third-order valence-corrected chi connectivity index (χ3v) is 3.81. The zero-order valence-electron chi connectivity index (χ0n) is 11.8. The first-order valence-electron chi connectivity index (χ1n) is 7.31. The standard InChI is InChI=1S/C14H24N4O/c1-3-5-11-9-13(18-17-11)16-14(19)12-8-10(4-2)6-7-15-12/h9-10,12,15H,3-8H2,1-2H3,(H2,16,17,18,19). The summed E-state index contributed by atoms with van der Waals surface area (Å²) in [6.07, 6.45) is 5.27. The molecule has 0 saturated carbocycles. The van der Waals surface area contributed by atoms with Gasteiger partial charge in [0, 0.05) is 11.8 Å². The average molecular weight is 264 g/mol. The first-order valence-corrected chi connectivity index (χ1v) is 7.31. The Hall–Kier alpha value is -1.36. The van der Waals surface area contributed by atoms with Gasteiger partial charge >= 0.3 is 0 Å². The Morgan fingerprint density at radius 2 is 2.37 bits per heavy atom. The van der Waals surface area contributed by atoms with Gasteiger partial charge in [-0.3, -0.25) is 9.89 Å². The minimum atomic E-state index is -0.0787. The third kappa shape index (κ3) is 3.80. The van der Waals surface area contributed by atoms with Crippen molar-refractivity contribution in [2.24, 2.45) is 5.92 Å². The van der Waals surface area contributed by atoms with Crippen LogP contribution < -0.4 is 10.6 Å². The average Bonchev–Trinajstić information content (AvgIpc) is 2.86. The highest BCUT2D eigenvalue weighted by atomic mass is 16.2. The van der Waals surface area contributed by atoms with Gasteiger partial charge in [-0.15, -0.1) is 0 Å². The van der Waals surface area contributed by atoms with Crippen molar-refractivity contribution in [3.8, 4) is 0 Å². The number of H-pyrrole nitrogens is 1. The van der Waals surface area contributed by atoms with Crippen molar-refractivity contribution in [3.05, 3.63) is 11.8 Å². The molecule has 2 atom stereocenters. The SMILES string of the molecule is CCCc1cc(NC(=O)C2CC(CC)CCN2)n[nH]1. The van der Waals surface area contributed by atoms with Crippen LogP contribution in [-0.2, 0) is 11.2 Å². The lowest BCUT2D eigenvalue weighted by Crippen LogP contribution is -2.46. The monoisotopic (exact) mass is 264 g/mol. The number of amides is 1. The van der Waals surface area contributed by atoms with Crippen LogP contribution in [0.25, 0.3) is 0 Å². The van der Waals surface area contributed by atoms with Gasteiger partial charge in [0.1, 0.15) is 0 Å². The normalized spacial score (nSPS) is 23.3. The number of hydrogen-bond acceptors (Lipinski definition) is 3. The minimum absolute atomic E-state index is 0.0349. The molecule has 1 aliphatic rings. The van der Waals surface area contributed by atoms with Crippen LogP contribution in [0.15, 0.2) is 6.07 Å². The number of anilines is 1. The van der Waals surface area contributed by atoms with Crippen molar-refractivity contribution in [2.45, 2.75) is 52.0 Å². The highest BCUT2D eigenvalue weighted by Gasteiger charge is 2.26. The van der Waals surface area contributed by atoms with E-state index in [0.29, 0.717) is 11.7 Å². The number of aromatic nitrogens is 2. The number of aromatic amines is 1. The van der Waals surface area contributed by atoms with Gasteiger partial charge in [0.15, 0.2) is 5.82 Å². The van der Waals surface area contributed by atoms with Gasteiger partial charge < -0.3 is 10.6 Å². The predicted molar refractivity (Wildman–Crippen MR) is 76.0 cm³/mol. The molecular formula is C14H24N4O. The van der Waals surface area contributed by atoms with Gasteiger partial charge in [-0.05, 0) is 31.7 Å². The second-order valence-electron chi connectivity index (χ2n) is 5.32. The Kier molecular flexibility index (Phi) is 4.96. The largest absolute Gasteiger partial charge is 0.308 e. The maximum absolute atomic E-state index is 12.2. The van der Waals surface area contributed by atoms with E-state index in [1.54, 1.807) is 0 Å². The van der Waals surface area contributed by atoms with E-state index in [0.717, 1.165) is 37.9 Å². The van der Waals surface area contributed by atoms with Crippen LogP contribution in [0.4, 0.5) is 5.82 Å². The first-order chi connectivity index (χ1) is 9.22. The molecule has 0 bridgehead atoms. The Morgan fingerprint density at radius 1 is 1.53 bits per heavy atom. The molecule has 1 amide bonds. The minimum Gasteiger partial charge on any atom is -0.308 e. The lowest BCUT2D eigenvalue weighted by Gasteiger charge is -2.28. The molecule has 5 heteroatoms. The van der Waals surface area contributed by atoms with E-state index >= 15 is 0 Å². The zero-order chi connectivity index (χ0) is 13.7. The Labute approximate surface area is 114 Å².